The van der Waals surface area contributed by atoms with Crippen LogP contribution in [0.1, 0.15) is 50.2 Å². The molecule has 0 aliphatic heterocycles. The number of aromatic nitrogens is 1. The van der Waals surface area contributed by atoms with E-state index in [4.69, 9.17) is 30.5 Å². The quantitative estimate of drug-likeness (QED) is 0.275. The first-order valence-electron chi connectivity index (χ1n) is 13.0. The van der Waals surface area contributed by atoms with E-state index >= 15 is 0 Å². The Kier molecular flexibility index (Phi) is 11.9. The number of halogens is 4. The molecule has 228 valence electrons. The fraction of sp³-hybridized carbons (Fsp3) is 0.538. The molecular weight excluding hydrogens is 591 g/mol. The second-order valence-electron chi connectivity index (χ2n) is 9.64. The molecule has 1 heterocycles. The van der Waals surface area contributed by atoms with Gasteiger partial charge in [0, 0.05) is 25.4 Å². The minimum absolute atomic E-state index is 0.118. The van der Waals surface area contributed by atoms with E-state index in [-0.39, 0.29) is 42.3 Å². The molecule has 0 bridgehead atoms. The summed E-state index contributed by atoms with van der Waals surface area (Å²) in [5.41, 5.74) is -0.431. The predicted octanol–water partition coefficient (Wildman–Crippen LogP) is 5.64. The number of amides is 1. The van der Waals surface area contributed by atoms with Gasteiger partial charge in [-0.2, -0.15) is 26.3 Å². The second-order valence-corrected chi connectivity index (χ2v) is 11.5. The van der Waals surface area contributed by atoms with Gasteiger partial charge >= 0.3 is 22.5 Å². The molecule has 0 spiro atoms. The fourth-order valence-corrected chi connectivity index (χ4v) is 5.34. The summed E-state index contributed by atoms with van der Waals surface area (Å²) >= 11 is 6.01. The van der Waals surface area contributed by atoms with Gasteiger partial charge in [0.2, 0.25) is 5.88 Å². The van der Waals surface area contributed by atoms with Crippen molar-refractivity contribution in [1.29, 1.82) is 0 Å². The monoisotopic (exact) mass is 623 g/mol. The Bertz CT molecular complexity index is 1270. The van der Waals surface area contributed by atoms with E-state index in [1.165, 1.54) is 13.2 Å². The van der Waals surface area contributed by atoms with E-state index < -0.39 is 28.0 Å². The summed E-state index contributed by atoms with van der Waals surface area (Å²) in [5, 5.41) is -0.339. The number of ether oxygens (including phenoxy) is 4. The first kappa shape index (κ1) is 32.7. The van der Waals surface area contributed by atoms with Crippen molar-refractivity contribution in [2.24, 2.45) is 5.92 Å². The van der Waals surface area contributed by atoms with Crippen LogP contribution in [-0.4, -0.2) is 52.5 Å². The van der Waals surface area contributed by atoms with Crippen LogP contribution in [0.25, 0.3) is 0 Å². The van der Waals surface area contributed by atoms with Crippen LogP contribution >= 0.6 is 11.6 Å². The van der Waals surface area contributed by atoms with E-state index in [1.54, 1.807) is 12.1 Å². The highest BCUT2D eigenvalue weighted by Crippen LogP contribution is 2.36. The van der Waals surface area contributed by atoms with Crippen molar-refractivity contribution in [3.05, 3.63) is 46.6 Å². The summed E-state index contributed by atoms with van der Waals surface area (Å²) in [4.78, 5) is 15.8. The molecule has 1 amide bonds. The highest BCUT2D eigenvalue weighted by molar-refractivity contribution is 7.88. The maximum Gasteiger partial charge on any atom is 0.421 e. The minimum atomic E-state index is -4.62. The highest BCUT2D eigenvalue weighted by Gasteiger charge is 2.32. The third-order valence-electron chi connectivity index (χ3n) is 6.32. The maximum absolute atomic E-state index is 13.0. The van der Waals surface area contributed by atoms with Crippen LogP contribution in [0.4, 0.5) is 18.0 Å². The SMILES string of the molecule is COCCOc1ccc(CCCOC(=O)NS(=O)(=O)NC2CCC(C)CC2)c(Oc2ncc(C(F)(F)F)cc2Cl)c1. The van der Waals surface area contributed by atoms with Crippen molar-refractivity contribution in [2.45, 2.75) is 57.7 Å². The topological polar surface area (TPSA) is 125 Å². The average molecular weight is 624 g/mol. The molecule has 1 aliphatic rings. The van der Waals surface area contributed by atoms with Crippen molar-refractivity contribution in [3.63, 3.8) is 0 Å². The van der Waals surface area contributed by atoms with Crippen molar-refractivity contribution in [2.75, 3.05) is 26.9 Å². The Morgan fingerprint density at radius 2 is 1.85 bits per heavy atom. The van der Waals surface area contributed by atoms with Crippen LogP contribution in [0.3, 0.4) is 0 Å². The zero-order valence-corrected chi connectivity index (χ0v) is 24.2. The number of aryl methyl sites for hydroxylation is 1. The molecule has 2 N–H and O–H groups in total. The predicted molar refractivity (Wildman–Crippen MR) is 144 cm³/mol. The van der Waals surface area contributed by atoms with Gasteiger partial charge in [-0.15, -0.1) is 0 Å². The summed E-state index contributed by atoms with van der Waals surface area (Å²) in [6.45, 7) is 2.57. The van der Waals surface area contributed by atoms with Crippen LogP contribution in [0, 0.1) is 5.92 Å². The Hall–Kier alpha value is -2.81. The molecule has 15 heteroatoms. The number of carbonyl (C=O) groups excluding carboxylic acids is 1. The van der Waals surface area contributed by atoms with Crippen LogP contribution in [0.15, 0.2) is 30.5 Å². The van der Waals surface area contributed by atoms with E-state index in [0.717, 1.165) is 12.8 Å². The molecular formula is C26H33ClF3N3O7S. The van der Waals surface area contributed by atoms with Crippen LogP contribution in [0.2, 0.25) is 5.02 Å². The van der Waals surface area contributed by atoms with Crippen molar-refractivity contribution < 1.29 is 45.3 Å². The first-order valence-corrected chi connectivity index (χ1v) is 14.8. The molecule has 0 radical (unpaired) electrons. The number of alkyl halides is 3. The van der Waals surface area contributed by atoms with Gasteiger partial charge in [-0.1, -0.05) is 24.6 Å². The second kappa shape index (κ2) is 14.9. The number of rotatable bonds is 13. The van der Waals surface area contributed by atoms with Gasteiger partial charge in [-0.05, 0) is 62.1 Å². The van der Waals surface area contributed by atoms with Gasteiger partial charge in [0.15, 0.2) is 0 Å². The number of nitrogens with one attached hydrogen (secondary N) is 2. The maximum atomic E-state index is 13.0. The number of benzene rings is 1. The highest BCUT2D eigenvalue weighted by atomic mass is 35.5. The van der Waals surface area contributed by atoms with Gasteiger partial charge in [-0.25, -0.2) is 14.5 Å². The molecule has 1 aromatic carbocycles. The number of methoxy groups -OCH3 is 1. The van der Waals surface area contributed by atoms with Crippen LogP contribution in [0.5, 0.6) is 17.4 Å². The summed E-state index contributed by atoms with van der Waals surface area (Å²) in [6, 6.07) is 5.35. The lowest BCUT2D eigenvalue weighted by Crippen LogP contribution is -2.46. The number of hydrogen-bond acceptors (Lipinski definition) is 8. The largest absolute Gasteiger partial charge is 0.491 e. The fourth-order valence-electron chi connectivity index (χ4n) is 4.12. The van der Waals surface area contributed by atoms with E-state index in [1.807, 2.05) is 4.72 Å². The molecule has 0 atom stereocenters. The molecule has 2 aromatic rings. The molecule has 41 heavy (non-hydrogen) atoms. The molecule has 10 nitrogen and oxygen atoms in total. The normalized spacial score (nSPS) is 17.6. The van der Waals surface area contributed by atoms with Crippen molar-refractivity contribution in [3.8, 4) is 17.4 Å². The van der Waals surface area contributed by atoms with Crippen molar-refractivity contribution in [1.82, 2.24) is 14.4 Å². The summed E-state index contributed by atoms with van der Waals surface area (Å²) in [7, 11) is -2.55. The van der Waals surface area contributed by atoms with Gasteiger partial charge < -0.3 is 18.9 Å². The smallest absolute Gasteiger partial charge is 0.421 e. The third-order valence-corrected chi connectivity index (χ3v) is 7.66. The van der Waals surface area contributed by atoms with Crippen molar-refractivity contribution >= 4 is 27.9 Å². The van der Waals surface area contributed by atoms with Gasteiger partial charge in [-0.3, -0.25) is 0 Å². The summed E-state index contributed by atoms with van der Waals surface area (Å²) < 4.78 is 89.1. The Balaban J connectivity index is 1.59. The van der Waals surface area contributed by atoms with Gasteiger partial charge in [0.25, 0.3) is 0 Å². The molecule has 1 aromatic heterocycles. The lowest BCUT2D eigenvalue weighted by Gasteiger charge is -2.26. The number of hydrogen-bond donors (Lipinski definition) is 2. The van der Waals surface area contributed by atoms with E-state index in [2.05, 4.69) is 16.6 Å². The zero-order chi connectivity index (χ0) is 30.0. The Morgan fingerprint density at radius 3 is 2.51 bits per heavy atom. The molecule has 0 saturated heterocycles. The summed E-state index contributed by atoms with van der Waals surface area (Å²) in [5.74, 6) is 0.926. The number of carbonyl (C=O) groups is 1. The van der Waals surface area contributed by atoms with E-state index in [0.29, 0.717) is 55.4 Å². The zero-order valence-electron chi connectivity index (χ0n) is 22.6. The molecule has 1 saturated carbocycles. The average Bonchev–Trinajstić information content (AvgIpc) is 2.89. The lowest BCUT2D eigenvalue weighted by molar-refractivity contribution is -0.137. The van der Waals surface area contributed by atoms with E-state index in [9.17, 15) is 26.4 Å². The Morgan fingerprint density at radius 1 is 1.12 bits per heavy atom. The van der Waals surface area contributed by atoms with Crippen LogP contribution in [-0.2, 0) is 32.3 Å². The standard InChI is InChI=1S/C26H33ClF3N3O7S/c1-17-5-8-20(9-6-17)32-41(35,36)33-25(34)39-11-3-4-18-7-10-21(38-13-12-37-2)15-23(18)40-24-22(27)14-19(16-31-24)26(28,29)30/h7,10,14-17,20,32H,3-6,8-9,11-13H2,1-2H3,(H,33,34). The molecule has 1 aliphatic carbocycles. The van der Waals surface area contributed by atoms with Crippen LogP contribution < -0.4 is 18.9 Å². The van der Waals surface area contributed by atoms with Gasteiger partial charge in [0.05, 0.1) is 18.8 Å². The molecule has 0 unspecified atom stereocenters. The lowest BCUT2D eigenvalue weighted by atomic mass is 9.88. The third kappa shape index (κ3) is 10.8. The first-order chi connectivity index (χ1) is 19.4. The molecule has 3 rings (SSSR count). The summed E-state index contributed by atoms with van der Waals surface area (Å²) in [6.07, 6.45) is -1.33. The molecule has 1 fully saturated rings. The minimum Gasteiger partial charge on any atom is -0.491 e. The van der Waals surface area contributed by atoms with Gasteiger partial charge in [0.1, 0.15) is 23.1 Å². The number of pyridine rings is 1. The number of nitrogens with zero attached hydrogens (tertiary/aromatic N) is 1. The Labute approximate surface area is 242 Å².